The summed E-state index contributed by atoms with van der Waals surface area (Å²) >= 11 is 0. The fourth-order valence-corrected chi connectivity index (χ4v) is 5.50. The third kappa shape index (κ3) is 14.0. The smallest absolute Gasteiger partial charge is 0.251 e. The van der Waals surface area contributed by atoms with E-state index in [1.807, 2.05) is 24.3 Å². The number of hydrogen-bond acceptors (Lipinski definition) is 7. The molecule has 0 aliphatic carbocycles. The lowest BCUT2D eigenvalue weighted by atomic mass is 9.94. The van der Waals surface area contributed by atoms with Gasteiger partial charge in [-0.25, -0.2) is 0 Å². The Kier molecular flexibility index (Phi) is 16.4. The molecular weight excluding hydrogens is 594 g/mol. The molecule has 2 amide bonds. The summed E-state index contributed by atoms with van der Waals surface area (Å²) in [7, 11) is 0. The average molecular weight is 646 g/mol. The molecule has 47 heavy (non-hydrogen) atoms. The van der Waals surface area contributed by atoms with Gasteiger partial charge in [-0.1, -0.05) is 79.7 Å². The van der Waals surface area contributed by atoms with Gasteiger partial charge in [0.1, 0.15) is 6.61 Å². The van der Waals surface area contributed by atoms with Gasteiger partial charge >= 0.3 is 0 Å². The first-order valence-corrected chi connectivity index (χ1v) is 16.9. The van der Waals surface area contributed by atoms with Gasteiger partial charge in [-0.05, 0) is 60.5 Å². The topological polar surface area (TPSA) is 98.4 Å². The number of likely N-dealkylation sites (tertiary alicyclic amines) is 1. The van der Waals surface area contributed by atoms with Crippen LogP contribution >= 0.6 is 0 Å². The van der Waals surface area contributed by atoms with Gasteiger partial charge in [0.25, 0.3) is 5.91 Å². The van der Waals surface area contributed by atoms with Crippen LogP contribution in [0.15, 0.2) is 84.9 Å². The van der Waals surface area contributed by atoms with Crippen LogP contribution in [-0.2, 0) is 23.7 Å². The van der Waals surface area contributed by atoms with Gasteiger partial charge in [0.05, 0.1) is 46.2 Å². The van der Waals surface area contributed by atoms with Gasteiger partial charge in [0, 0.05) is 31.2 Å². The van der Waals surface area contributed by atoms with E-state index >= 15 is 0 Å². The molecule has 0 unspecified atom stereocenters. The van der Waals surface area contributed by atoms with Crippen LogP contribution in [0.1, 0.15) is 48.0 Å². The molecule has 9 nitrogen and oxygen atoms in total. The molecule has 0 saturated carbocycles. The van der Waals surface area contributed by atoms with Crippen molar-refractivity contribution in [3.05, 3.63) is 96.1 Å². The van der Waals surface area contributed by atoms with E-state index in [4.69, 9.17) is 18.9 Å². The lowest BCUT2D eigenvalue weighted by molar-refractivity contribution is -0.127. The van der Waals surface area contributed by atoms with Crippen molar-refractivity contribution < 1.29 is 28.5 Å². The Morgan fingerprint density at radius 2 is 1.28 bits per heavy atom. The van der Waals surface area contributed by atoms with E-state index in [0.29, 0.717) is 64.3 Å². The summed E-state index contributed by atoms with van der Waals surface area (Å²) in [6.45, 7) is 8.85. The van der Waals surface area contributed by atoms with Crippen LogP contribution in [0.2, 0.25) is 0 Å². The fourth-order valence-electron chi connectivity index (χ4n) is 5.50. The molecule has 3 aromatic rings. The van der Waals surface area contributed by atoms with Crippen LogP contribution < -0.4 is 10.6 Å². The summed E-state index contributed by atoms with van der Waals surface area (Å²) in [5, 5.41) is 5.94. The summed E-state index contributed by atoms with van der Waals surface area (Å²) in [4.78, 5) is 26.8. The predicted octanol–water partition coefficient (Wildman–Crippen LogP) is 4.92. The molecule has 4 rings (SSSR count). The van der Waals surface area contributed by atoms with Crippen molar-refractivity contribution >= 4 is 11.8 Å². The van der Waals surface area contributed by atoms with E-state index in [1.165, 1.54) is 16.7 Å². The van der Waals surface area contributed by atoms with Crippen molar-refractivity contribution in [3.8, 4) is 11.1 Å². The monoisotopic (exact) mass is 645 g/mol. The SMILES string of the molecule is C[C@H](CCN1CCC(NC(=O)COCCOCCOCCOCCNC(=O)c2ccccc2)CC1)c1ccc(-c2ccccc2)cc1. The zero-order valence-electron chi connectivity index (χ0n) is 27.7. The average Bonchev–Trinajstić information content (AvgIpc) is 3.12. The molecule has 0 bridgehead atoms. The van der Waals surface area contributed by atoms with Crippen LogP contribution in [0.3, 0.4) is 0 Å². The highest BCUT2D eigenvalue weighted by atomic mass is 16.6. The number of hydrogen-bond donors (Lipinski definition) is 2. The van der Waals surface area contributed by atoms with Gasteiger partial charge in [-0.2, -0.15) is 0 Å². The first kappa shape index (κ1) is 36.2. The number of nitrogens with one attached hydrogen (secondary N) is 2. The minimum atomic E-state index is -0.109. The van der Waals surface area contributed by atoms with Crippen molar-refractivity contribution in [1.29, 1.82) is 0 Å². The summed E-state index contributed by atoms with van der Waals surface area (Å²) in [5.41, 5.74) is 4.52. The molecular formula is C38H51N3O6. The van der Waals surface area contributed by atoms with E-state index in [9.17, 15) is 9.59 Å². The number of carbonyl (C=O) groups excluding carboxylic acids is 2. The maximum atomic E-state index is 12.3. The van der Waals surface area contributed by atoms with Gasteiger partial charge in [-0.3, -0.25) is 9.59 Å². The Morgan fingerprint density at radius 3 is 1.91 bits per heavy atom. The van der Waals surface area contributed by atoms with E-state index in [0.717, 1.165) is 38.9 Å². The molecule has 3 aromatic carbocycles. The Morgan fingerprint density at radius 1 is 0.723 bits per heavy atom. The molecule has 1 heterocycles. The first-order valence-electron chi connectivity index (χ1n) is 16.9. The lowest BCUT2D eigenvalue weighted by Crippen LogP contribution is -2.46. The Balaban J connectivity index is 0.921. The number of nitrogens with zero attached hydrogens (tertiary/aromatic N) is 1. The van der Waals surface area contributed by atoms with Crippen molar-refractivity contribution in [1.82, 2.24) is 15.5 Å². The van der Waals surface area contributed by atoms with E-state index in [2.05, 4.69) is 71.0 Å². The number of rotatable bonds is 21. The standard InChI is InChI=1S/C38H51N3O6/c1-31(32-12-14-34(15-13-32)33-8-4-2-5-9-33)16-20-41-21-17-36(18-22-41)40-37(42)30-47-29-28-46-27-26-45-25-24-44-23-19-39-38(43)35-10-6-3-7-11-35/h2-15,31,36H,16-30H2,1H3,(H,39,43)(H,40,42)/t31-/m1/s1. The fraction of sp³-hybridized carbons (Fsp3) is 0.474. The molecule has 0 spiro atoms. The summed E-state index contributed by atoms with van der Waals surface area (Å²) < 4.78 is 21.9. The Bertz CT molecular complexity index is 1280. The van der Waals surface area contributed by atoms with Gasteiger partial charge < -0.3 is 34.5 Å². The van der Waals surface area contributed by atoms with E-state index in [1.54, 1.807) is 12.1 Å². The lowest BCUT2D eigenvalue weighted by Gasteiger charge is -2.33. The highest BCUT2D eigenvalue weighted by molar-refractivity contribution is 5.94. The Hall–Kier alpha value is -3.60. The number of amides is 2. The van der Waals surface area contributed by atoms with Crippen LogP contribution in [0, 0.1) is 0 Å². The maximum absolute atomic E-state index is 12.3. The van der Waals surface area contributed by atoms with Crippen molar-refractivity contribution in [2.24, 2.45) is 0 Å². The molecule has 1 aliphatic rings. The largest absolute Gasteiger partial charge is 0.377 e. The van der Waals surface area contributed by atoms with Gasteiger partial charge in [0.2, 0.25) is 5.91 Å². The summed E-state index contributed by atoms with van der Waals surface area (Å²) in [6.07, 6.45) is 3.05. The zero-order chi connectivity index (χ0) is 32.9. The number of ether oxygens (including phenoxy) is 4. The molecule has 254 valence electrons. The molecule has 1 saturated heterocycles. The number of carbonyl (C=O) groups is 2. The second kappa shape index (κ2) is 21.3. The molecule has 1 atom stereocenters. The summed E-state index contributed by atoms with van der Waals surface area (Å²) in [6, 6.07) is 28.8. The van der Waals surface area contributed by atoms with E-state index in [-0.39, 0.29) is 24.5 Å². The third-order valence-corrected chi connectivity index (χ3v) is 8.33. The molecule has 0 radical (unpaired) electrons. The normalized spacial score (nSPS) is 14.5. The molecule has 0 aromatic heterocycles. The number of piperidine rings is 1. The second-order valence-electron chi connectivity index (χ2n) is 11.9. The van der Waals surface area contributed by atoms with Gasteiger partial charge in [-0.15, -0.1) is 0 Å². The van der Waals surface area contributed by atoms with Crippen molar-refractivity contribution in [2.45, 2.75) is 38.1 Å². The third-order valence-electron chi connectivity index (χ3n) is 8.33. The summed E-state index contributed by atoms with van der Waals surface area (Å²) in [5.74, 6) is 0.324. The van der Waals surface area contributed by atoms with Crippen LogP contribution in [0.25, 0.3) is 11.1 Å². The van der Waals surface area contributed by atoms with Gasteiger partial charge in [0.15, 0.2) is 0 Å². The quantitative estimate of drug-likeness (QED) is 0.159. The first-order chi connectivity index (χ1) is 23.1. The zero-order valence-corrected chi connectivity index (χ0v) is 27.7. The minimum Gasteiger partial charge on any atom is -0.377 e. The second-order valence-corrected chi connectivity index (χ2v) is 11.9. The predicted molar refractivity (Wildman–Crippen MR) is 185 cm³/mol. The highest BCUT2D eigenvalue weighted by Gasteiger charge is 2.21. The number of benzene rings is 3. The van der Waals surface area contributed by atoms with E-state index < -0.39 is 0 Å². The molecule has 2 N–H and O–H groups in total. The van der Waals surface area contributed by atoms with Crippen LogP contribution in [0.5, 0.6) is 0 Å². The van der Waals surface area contributed by atoms with Crippen LogP contribution in [0.4, 0.5) is 0 Å². The molecule has 1 aliphatic heterocycles. The molecule has 1 fully saturated rings. The van der Waals surface area contributed by atoms with Crippen LogP contribution in [-0.4, -0.2) is 102 Å². The minimum absolute atomic E-state index is 0.0454. The maximum Gasteiger partial charge on any atom is 0.251 e. The van der Waals surface area contributed by atoms with Crippen molar-refractivity contribution in [3.63, 3.8) is 0 Å². The Labute approximate surface area is 279 Å². The van der Waals surface area contributed by atoms with Crippen molar-refractivity contribution in [2.75, 3.05) is 79.0 Å². The molecule has 9 heteroatoms. The highest BCUT2D eigenvalue weighted by Crippen LogP contribution is 2.25.